The Labute approximate surface area is 150 Å². The van der Waals surface area contributed by atoms with E-state index < -0.39 is 11.8 Å². The molecule has 0 radical (unpaired) electrons. The smallest absolute Gasteiger partial charge is 0.313 e. The predicted octanol–water partition coefficient (Wildman–Crippen LogP) is 3.77. The fourth-order valence-corrected chi connectivity index (χ4v) is 2.63. The second kappa shape index (κ2) is 7.85. The van der Waals surface area contributed by atoms with Crippen LogP contribution in [0.25, 0.3) is 11.0 Å². The lowest BCUT2D eigenvalue weighted by atomic mass is 10.2. The van der Waals surface area contributed by atoms with E-state index in [4.69, 9.17) is 16.0 Å². The van der Waals surface area contributed by atoms with Crippen LogP contribution in [0.4, 0.5) is 5.69 Å². The maximum atomic E-state index is 11.8. The van der Waals surface area contributed by atoms with Crippen LogP contribution in [0, 0.1) is 0 Å². The lowest BCUT2D eigenvalue weighted by Crippen LogP contribution is -2.36. The van der Waals surface area contributed by atoms with Crippen molar-refractivity contribution in [3.63, 3.8) is 0 Å². The summed E-state index contributed by atoms with van der Waals surface area (Å²) >= 11 is 5.94. The summed E-state index contributed by atoms with van der Waals surface area (Å²) in [6, 6.07) is 16.5. The van der Waals surface area contributed by atoms with Crippen LogP contribution in [0.15, 0.2) is 59.0 Å². The predicted molar refractivity (Wildman–Crippen MR) is 97.6 cm³/mol. The number of anilines is 1. The average molecular weight is 357 g/mol. The van der Waals surface area contributed by atoms with Crippen LogP contribution in [0.3, 0.4) is 0 Å². The van der Waals surface area contributed by atoms with Gasteiger partial charge in [-0.15, -0.1) is 0 Å². The van der Waals surface area contributed by atoms with Gasteiger partial charge >= 0.3 is 11.8 Å². The lowest BCUT2D eigenvalue weighted by molar-refractivity contribution is -0.136. The maximum absolute atomic E-state index is 11.8. The molecule has 1 aromatic heterocycles. The molecule has 0 atom stereocenters. The van der Waals surface area contributed by atoms with Crippen LogP contribution in [-0.4, -0.2) is 18.4 Å². The summed E-state index contributed by atoms with van der Waals surface area (Å²) in [6.07, 6.45) is 1.35. The molecule has 0 unspecified atom stereocenters. The summed E-state index contributed by atoms with van der Waals surface area (Å²) < 4.78 is 5.71. The number of furan rings is 1. The minimum Gasteiger partial charge on any atom is -0.461 e. The van der Waals surface area contributed by atoms with Crippen LogP contribution in [0.2, 0.25) is 5.02 Å². The summed E-state index contributed by atoms with van der Waals surface area (Å²) in [7, 11) is 0. The molecule has 0 aliphatic rings. The third-order valence-electron chi connectivity index (χ3n) is 3.69. The van der Waals surface area contributed by atoms with E-state index in [0.717, 1.165) is 16.7 Å². The number of rotatable bonds is 5. The third kappa shape index (κ3) is 4.39. The minimum absolute atomic E-state index is 0.381. The van der Waals surface area contributed by atoms with Gasteiger partial charge in [-0.25, -0.2) is 0 Å². The Kier molecular flexibility index (Phi) is 5.36. The Morgan fingerprint density at radius 2 is 1.76 bits per heavy atom. The Morgan fingerprint density at radius 1 is 1.00 bits per heavy atom. The molecule has 3 aromatic rings. The zero-order chi connectivity index (χ0) is 17.6. The van der Waals surface area contributed by atoms with E-state index in [1.165, 1.54) is 0 Å². The zero-order valence-electron chi connectivity index (χ0n) is 13.4. The fraction of sp³-hybridized carbons (Fsp3) is 0.158. The van der Waals surface area contributed by atoms with Gasteiger partial charge in [0.1, 0.15) is 11.3 Å². The van der Waals surface area contributed by atoms with Crippen LogP contribution in [0.5, 0.6) is 0 Å². The monoisotopic (exact) mass is 356 g/mol. The van der Waals surface area contributed by atoms with E-state index >= 15 is 0 Å². The van der Waals surface area contributed by atoms with Gasteiger partial charge in [0.25, 0.3) is 0 Å². The van der Waals surface area contributed by atoms with Crippen LogP contribution >= 0.6 is 11.6 Å². The molecule has 6 heteroatoms. The first-order valence-corrected chi connectivity index (χ1v) is 8.32. The van der Waals surface area contributed by atoms with Crippen molar-refractivity contribution in [2.45, 2.75) is 12.8 Å². The van der Waals surface area contributed by atoms with Crippen molar-refractivity contribution < 1.29 is 14.0 Å². The molecule has 0 aliphatic heterocycles. The average Bonchev–Trinajstić information content (AvgIpc) is 3.03. The Morgan fingerprint density at radius 3 is 2.56 bits per heavy atom. The Hall–Kier alpha value is -2.79. The number of aryl methyl sites for hydroxylation is 1. The number of para-hydroxylation sites is 2. The second-order valence-corrected chi connectivity index (χ2v) is 5.95. The van der Waals surface area contributed by atoms with E-state index in [2.05, 4.69) is 10.6 Å². The molecule has 1 heterocycles. The van der Waals surface area contributed by atoms with Gasteiger partial charge in [-0.3, -0.25) is 9.59 Å². The van der Waals surface area contributed by atoms with Crippen molar-refractivity contribution >= 4 is 40.1 Å². The quantitative estimate of drug-likeness (QED) is 0.540. The topological polar surface area (TPSA) is 71.3 Å². The van der Waals surface area contributed by atoms with E-state index in [1.54, 1.807) is 24.3 Å². The van der Waals surface area contributed by atoms with Crippen molar-refractivity contribution in [2.24, 2.45) is 0 Å². The third-order valence-corrected chi connectivity index (χ3v) is 4.02. The number of hydrogen-bond acceptors (Lipinski definition) is 3. The molecule has 0 fully saturated rings. The summed E-state index contributed by atoms with van der Waals surface area (Å²) in [6.45, 7) is 0.381. The number of halogens is 1. The number of hydrogen-bond donors (Lipinski definition) is 2. The first kappa shape index (κ1) is 17.0. The Bertz CT molecular complexity index is 871. The number of fused-ring (bicyclic) bond motifs is 1. The van der Waals surface area contributed by atoms with Crippen molar-refractivity contribution in [2.75, 3.05) is 11.9 Å². The number of amides is 2. The van der Waals surface area contributed by atoms with Crippen LogP contribution < -0.4 is 10.6 Å². The molecule has 2 aromatic carbocycles. The normalized spacial score (nSPS) is 10.6. The minimum atomic E-state index is -0.739. The van der Waals surface area contributed by atoms with Crippen molar-refractivity contribution in [1.29, 1.82) is 0 Å². The summed E-state index contributed by atoms with van der Waals surface area (Å²) in [5.41, 5.74) is 1.26. The largest absolute Gasteiger partial charge is 0.461 e. The number of carbonyl (C=O) groups excluding carboxylic acids is 2. The zero-order valence-corrected chi connectivity index (χ0v) is 14.2. The molecule has 2 amide bonds. The Balaban J connectivity index is 1.44. The van der Waals surface area contributed by atoms with Gasteiger partial charge in [-0.05, 0) is 30.7 Å². The molecule has 25 heavy (non-hydrogen) atoms. The highest BCUT2D eigenvalue weighted by molar-refractivity contribution is 6.41. The van der Waals surface area contributed by atoms with Gasteiger partial charge in [-0.1, -0.05) is 41.9 Å². The molecule has 2 N–H and O–H groups in total. The number of benzene rings is 2. The van der Waals surface area contributed by atoms with Gasteiger partial charge in [0.05, 0.1) is 10.7 Å². The van der Waals surface area contributed by atoms with E-state index in [1.807, 2.05) is 30.3 Å². The molecule has 128 valence electrons. The SMILES string of the molecule is O=C(NCCCc1cc2ccccc2o1)C(=O)Nc1ccccc1Cl. The van der Waals surface area contributed by atoms with Crippen LogP contribution in [-0.2, 0) is 16.0 Å². The highest BCUT2D eigenvalue weighted by Gasteiger charge is 2.14. The molecule has 0 saturated carbocycles. The molecule has 5 nitrogen and oxygen atoms in total. The highest BCUT2D eigenvalue weighted by Crippen LogP contribution is 2.20. The first-order chi connectivity index (χ1) is 12.1. The molecule has 0 saturated heterocycles. The fourth-order valence-electron chi connectivity index (χ4n) is 2.45. The summed E-state index contributed by atoms with van der Waals surface area (Å²) in [5, 5.41) is 6.51. The second-order valence-electron chi connectivity index (χ2n) is 5.54. The van der Waals surface area contributed by atoms with Crippen molar-refractivity contribution in [3.8, 4) is 0 Å². The molecular formula is C19H17ClN2O3. The van der Waals surface area contributed by atoms with E-state index in [0.29, 0.717) is 30.1 Å². The number of carbonyl (C=O) groups is 2. The molecule has 0 spiro atoms. The molecular weight excluding hydrogens is 340 g/mol. The maximum Gasteiger partial charge on any atom is 0.313 e. The highest BCUT2D eigenvalue weighted by atomic mass is 35.5. The van der Waals surface area contributed by atoms with Gasteiger partial charge in [0, 0.05) is 18.4 Å². The van der Waals surface area contributed by atoms with E-state index in [-0.39, 0.29) is 0 Å². The summed E-state index contributed by atoms with van der Waals surface area (Å²) in [4.78, 5) is 23.7. The molecule has 3 rings (SSSR count). The molecule has 0 aliphatic carbocycles. The number of nitrogens with one attached hydrogen (secondary N) is 2. The van der Waals surface area contributed by atoms with E-state index in [9.17, 15) is 9.59 Å². The van der Waals surface area contributed by atoms with Crippen LogP contribution in [0.1, 0.15) is 12.2 Å². The van der Waals surface area contributed by atoms with Gasteiger partial charge < -0.3 is 15.1 Å². The van der Waals surface area contributed by atoms with Gasteiger partial charge in [0.2, 0.25) is 0 Å². The first-order valence-electron chi connectivity index (χ1n) is 7.94. The van der Waals surface area contributed by atoms with Crippen molar-refractivity contribution in [3.05, 3.63) is 65.4 Å². The van der Waals surface area contributed by atoms with Gasteiger partial charge in [0.15, 0.2) is 0 Å². The summed E-state index contributed by atoms with van der Waals surface area (Å²) in [5.74, 6) is -0.572. The molecule has 0 bridgehead atoms. The van der Waals surface area contributed by atoms with Crippen molar-refractivity contribution in [1.82, 2.24) is 5.32 Å². The standard InChI is InChI=1S/C19H17ClN2O3/c20-15-8-2-3-9-16(15)22-19(24)18(23)21-11-5-7-14-12-13-6-1-4-10-17(13)25-14/h1-4,6,8-10,12H,5,7,11H2,(H,21,23)(H,22,24). The lowest BCUT2D eigenvalue weighted by Gasteiger charge is -2.07. The van der Waals surface area contributed by atoms with Gasteiger partial charge in [-0.2, -0.15) is 0 Å².